The van der Waals surface area contributed by atoms with Gasteiger partial charge in [0.25, 0.3) is 0 Å². The Labute approximate surface area is 168 Å². The van der Waals surface area contributed by atoms with Gasteiger partial charge in [-0.15, -0.1) is 0 Å². The van der Waals surface area contributed by atoms with Gasteiger partial charge < -0.3 is 4.74 Å². The van der Waals surface area contributed by atoms with E-state index in [1.807, 2.05) is 67.6 Å². The van der Waals surface area contributed by atoms with Crippen LogP contribution in [0.4, 0.5) is 0 Å². The number of esters is 1. The van der Waals surface area contributed by atoms with Crippen molar-refractivity contribution in [2.45, 2.75) is 13.3 Å². The van der Waals surface area contributed by atoms with Crippen LogP contribution >= 0.6 is 0 Å². The molecule has 0 unspecified atom stereocenters. The van der Waals surface area contributed by atoms with Crippen molar-refractivity contribution in [1.82, 2.24) is 0 Å². The van der Waals surface area contributed by atoms with E-state index >= 15 is 0 Å². The Morgan fingerprint density at radius 2 is 1.19 bits per heavy atom. The van der Waals surface area contributed by atoms with Gasteiger partial charge in [0.1, 0.15) is 11.7 Å². The summed E-state index contributed by atoms with van der Waals surface area (Å²) >= 11 is 0. The van der Waals surface area contributed by atoms with Gasteiger partial charge in [0, 0.05) is 28.8 Å². The van der Waals surface area contributed by atoms with Crippen molar-refractivity contribution in [3.8, 4) is 0 Å². The van der Waals surface area contributed by atoms with E-state index in [4.69, 9.17) is 18.7 Å². The Kier molecular flexibility index (Phi) is 15.4. The second-order valence-corrected chi connectivity index (χ2v) is 4.65. The zero-order chi connectivity index (χ0) is 19.9. The Bertz CT molecular complexity index is 762. The van der Waals surface area contributed by atoms with Gasteiger partial charge >= 0.3 is 39.9 Å². The number of cyclic esters (lactones) is 1. The van der Waals surface area contributed by atoms with Crippen molar-refractivity contribution >= 4 is 11.5 Å². The molecule has 1 aliphatic heterocycles. The first-order valence-electron chi connectivity index (χ1n) is 7.36. The summed E-state index contributed by atoms with van der Waals surface area (Å²) in [5.41, 5.74) is 2.85. The van der Waals surface area contributed by atoms with Crippen molar-refractivity contribution in [1.29, 1.82) is 0 Å². The molecule has 2 aromatic rings. The minimum absolute atomic E-state index is 0. The first-order chi connectivity index (χ1) is 12.8. The van der Waals surface area contributed by atoms with E-state index in [0.717, 1.165) is 22.5 Å². The van der Waals surface area contributed by atoms with Crippen molar-refractivity contribution < 1.29 is 40.3 Å². The average Bonchev–Trinajstić information content (AvgIpc) is 3.10. The average molecular weight is 406 g/mol. The predicted molar refractivity (Wildman–Crippen MR) is 90.3 cm³/mol. The maximum absolute atomic E-state index is 12.2. The van der Waals surface area contributed by atoms with Crippen molar-refractivity contribution in [3.63, 3.8) is 0 Å². The zero-order valence-electron chi connectivity index (χ0n) is 14.4. The van der Waals surface area contributed by atoms with Crippen molar-refractivity contribution in [3.05, 3.63) is 103 Å². The number of carbonyl (C=O) groups is 1. The molecule has 0 fully saturated rings. The molecule has 5 nitrogen and oxygen atoms in total. The molecule has 0 spiro atoms. The summed E-state index contributed by atoms with van der Waals surface area (Å²) in [6.45, 7) is 15.5. The molecule has 0 aliphatic carbocycles. The maximum atomic E-state index is 12.2. The summed E-state index contributed by atoms with van der Waals surface area (Å²) in [6.07, 6.45) is 0.701. The Morgan fingerprint density at radius 3 is 1.59 bits per heavy atom. The Hall–Kier alpha value is -2.62. The molecule has 27 heavy (non-hydrogen) atoms. The SMILES string of the molecule is CCC1=C(c2ccccc2)[C](c2ccccc2)C(=O)O1.[C-]#[O+].[C-]#[O+].[C-]#[O+].[Co]. The van der Waals surface area contributed by atoms with E-state index in [1.54, 1.807) is 0 Å². The summed E-state index contributed by atoms with van der Waals surface area (Å²) in [6, 6.07) is 19.6. The number of ether oxygens (including phenoxy) is 1. The molecule has 0 amide bonds. The fourth-order valence-electron chi connectivity index (χ4n) is 2.48. The molecule has 0 aromatic heterocycles. The van der Waals surface area contributed by atoms with E-state index in [-0.39, 0.29) is 22.7 Å². The Morgan fingerprint density at radius 1 is 0.778 bits per heavy atom. The molecule has 2 radical (unpaired) electrons. The first kappa shape index (κ1) is 26.6. The van der Waals surface area contributed by atoms with Crippen LogP contribution in [0.1, 0.15) is 24.5 Å². The summed E-state index contributed by atoms with van der Waals surface area (Å²) in [4.78, 5) is 12.2. The molecule has 3 rings (SSSR count). The van der Waals surface area contributed by atoms with E-state index in [9.17, 15) is 4.79 Å². The van der Waals surface area contributed by atoms with Crippen LogP contribution in [0.5, 0.6) is 0 Å². The van der Waals surface area contributed by atoms with Gasteiger partial charge in [-0.05, 0) is 11.1 Å². The van der Waals surface area contributed by atoms with Gasteiger partial charge in [-0.1, -0.05) is 67.6 Å². The molecule has 0 N–H and O–H groups in total. The van der Waals surface area contributed by atoms with Crippen LogP contribution in [0.15, 0.2) is 66.4 Å². The van der Waals surface area contributed by atoms with E-state index in [2.05, 4.69) is 20.0 Å². The number of hydrogen-bond acceptors (Lipinski definition) is 2. The molecule has 1 heterocycles. The topological polar surface area (TPSA) is 86.0 Å². The van der Waals surface area contributed by atoms with Gasteiger partial charge in [-0.3, -0.25) is 4.79 Å². The van der Waals surface area contributed by atoms with E-state index in [1.165, 1.54) is 0 Å². The molecule has 0 saturated carbocycles. The van der Waals surface area contributed by atoms with Gasteiger partial charge in [0.2, 0.25) is 0 Å². The molecule has 0 bridgehead atoms. The van der Waals surface area contributed by atoms with Crippen LogP contribution in [-0.2, 0) is 40.3 Å². The molecule has 0 saturated heterocycles. The fraction of sp³-hybridized carbons (Fsp3) is 0.0952. The summed E-state index contributed by atoms with van der Waals surface area (Å²) < 4.78 is 27.9. The number of benzene rings is 2. The molecule has 0 atom stereocenters. The Balaban J connectivity index is 0. The second-order valence-electron chi connectivity index (χ2n) is 4.65. The third-order valence-electron chi connectivity index (χ3n) is 3.39. The van der Waals surface area contributed by atoms with Crippen LogP contribution in [0, 0.1) is 25.9 Å². The molecular weight excluding hydrogens is 391 g/mol. The normalized spacial score (nSPS) is 11.7. The fourth-order valence-corrected chi connectivity index (χ4v) is 2.48. The molecular formula is C21H15CoO5. The monoisotopic (exact) mass is 406 g/mol. The number of rotatable bonds is 3. The molecule has 2 aromatic carbocycles. The summed E-state index contributed by atoms with van der Waals surface area (Å²) in [5, 5.41) is 0. The van der Waals surface area contributed by atoms with E-state index < -0.39 is 0 Å². The minimum atomic E-state index is -0.257. The van der Waals surface area contributed by atoms with Crippen molar-refractivity contribution in [2.24, 2.45) is 0 Å². The third kappa shape index (κ3) is 6.89. The van der Waals surface area contributed by atoms with Crippen molar-refractivity contribution in [2.75, 3.05) is 0 Å². The first-order valence-corrected chi connectivity index (χ1v) is 7.36. The maximum Gasteiger partial charge on any atom is 0 e. The van der Waals surface area contributed by atoms with Crippen LogP contribution < -0.4 is 0 Å². The van der Waals surface area contributed by atoms with Crippen LogP contribution in [0.3, 0.4) is 0 Å². The summed E-state index contributed by atoms with van der Waals surface area (Å²) in [7, 11) is 0. The van der Waals surface area contributed by atoms with Crippen LogP contribution in [-0.4, -0.2) is 5.97 Å². The van der Waals surface area contributed by atoms with Gasteiger partial charge in [-0.25, -0.2) is 0 Å². The van der Waals surface area contributed by atoms with E-state index in [0.29, 0.717) is 12.3 Å². The smallest absolute Gasteiger partial charge is 0 e. The summed E-state index contributed by atoms with van der Waals surface area (Å²) in [5.74, 6) is 1.15. The zero-order valence-corrected chi connectivity index (χ0v) is 15.4. The standard InChI is InChI=1S/C18H15O2.3CO.Co/c1-2-15-16(13-9-5-3-6-10-13)17(18(19)20-15)14-11-7-4-8-12-14;3*1-2;/h3-12H,2H2,1H3;;;;. The number of hydrogen-bond donors (Lipinski definition) is 0. The second kappa shape index (κ2) is 15.6. The van der Waals surface area contributed by atoms with Gasteiger partial charge in [0.15, 0.2) is 0 Å². The molecule has 6 heteroatoms. The van der Waals surface area contributed by atoms with Gasteiger partial charge in [0.05, 0.1) is 0 Å². The third-order valence-corrected chi connectivity index (χ3v) is 3.39. The molecule has 138 valence electrons. The predicted octanol–water partition coefficient (Wildman–Crippen LogP) is 3.87. The quantitative estimate of drug-likeness (QED) is 0.440. The molecule has 1 aliphatic rings. The number of allylic oxidation sites excluding steroid dienone is 1. The minimum Gasteiger partial charge on any atom is 0 e. The van der Waals surface area contributed by atoms with Crippen LogP contribution in [0.25, 0.3) is 5.57 Å². The van der Waals surface area contributed by atoms with Crippen LogP contribution in [0.2, 0.25) is 0 Å². The van der Waals surface area contributed by atoms with Gasteiger partial charge in [-0.2, -0.15) is 0 Å². The number of carbonyl (C=O) groups excluding carboxylic acids is 1. The largest absolute Gasteiger partial charge is 0 e.